The Morgan fingerprint density at radius 2 is 1.12 bits per heavy atom. The molecule has 1 atom stereocenters. The first-order valence-electron chi connectivity index (χ1n) is 23.8. The molecule has 0 amide bonds. The molecule has 12 rings (SSSR count). The molecule has 326 valence electrons. The number of benzene rings is 8. The van der Waals surface area contributed by atoms with Gasteiger partial charge in [0.2, 0.25) is 0 Å². The summed E-state index contributed by atoms with van der Waals surface area (Å²) in [6.45, 7) is 2.07. The van der Waals surface area contributed by atoms with Gasteiger partial charge in [-0.25, -0.2) is 4.99 Å². The highest BCUT2D eigenvalue weighted by Crippen LogP contribution is 2.63. The molecule has 0 fully saturated rings. The highest BCUT2D eigenvalue weighted by Gasteiger charge is 2.50. The summed E-state index contributed by atoms with van der Waals surface area (Å²) in [6.07, 6.45) is 17.9. The normalized spacial score (nSPS) is 17.0. The van der Waals surface area contributed by atoms with Gasteiger partial charge in [0.1, 0.15) is 0 Å². The fraction of sp³-hybridized carbons (Fsp3) is 0.0923. The molecule has 0 spiro atoms. The van der Waals surface area contributed by atoms with E-state index in [0.717, 1.165) is 98.7 Å². The Labute approximate surface area is 399 Å². The topological polar surface area (TPSA) is 30.8 Å². The zero-order chi connectivity index (χ0) is 45.4. The monoisotopic (exact) mass is 875 g/mol. The third-order valence-corrected chi connectivity index (χ3v) is 13.9. The van der Waals surface area contributed by atoms with Crippen molar-refractivity contribution in [1.29, 1.82) is 0 Å². The predicted molar refractivity (Wildman–Crippen MR) is 280 cm³/mol. The van der Waals surface area contributed by atoms with Gasteiger partial charge in [-0.2, -0.15) is 0 Å². The Morgan fingerprint density at radius 1 is 0.515 bits per heavy atom. The van der Waals surface area contributed by atoms with E-state index >= 15 is 0 Å². The van der Waals surface area contributed by atoms with Crippen LogP contribution >= 0.6 is 0 Å². The Kier molecular flexibility index (Phi) is 10.6. The minimum absolute atomic E-state index is 0.464. The van der Waals surface area contributed by atoms with Gasteiger partial charge in [0, 0.05) is 27.8 Å². The molecule has 0 radical (unpaired) electrons. The van der Waals surface area contributed by atoms with Gasteiger partial charge in [-0.3, -0.25) is 0 Å². The van der Waals surface area contributed by atoms with Crippen molar-refractivity contribution in [2.45, 2.75) is 38.0 Å². The number of nitrogens with zero attached hydrogens (tertiary/aromatic N) is 1. The summed E-state index contributed by atoms with van der Waals surface area (Å²) in [7, 11) is 0. The lowest BCUT2D eigenvalue weighted by atomic mass is 9.65. The van der Waals surface area contributed by atoms with Crippen LogP contribution in [-0.4, -0.2) is 5.71 Å². The van der Waals surface area contributed by atoms with Crippen LogP contribution < -0.4 is 9.47 Å². The maximum Gasteiger partial charge on any atom is 0.178 e. The number of aliphatic imine (C=N–C) groups is 1. The molecule has 0 saturated heterocycles. The fourth-order valence-electron chi connectivity index (χ4n) is 10.8. The van der Waals surface area contributed by atoms with Gasteiger partial charge in [0.15, 0.2) is 23.0 Å². The average Bonchev–Trinajstić information content (AvgIpc) is 3.73. The Hall–Kier alpha value is -8.27. The van der Waals surface area contributed by atoms with E-state index in [1.165, 1.54) is 33.4 Å². The first-order chi connectivity index (χ1) is 33.7. The number of ether oxygens (including phenoxy) is 2. The van der Waals surface area contributed by atoms with Crippen molar-refractivity contribution in [1.82, 2.24) is 0 Å². The molecule has 0 bridgehead atoms. The lowest BCUT2D eigenvalue weighted by molar-refractivity contribution is 0.359. The van der Waals surface area contributed by atoms with Crippen molar-refractivity contribution in [2.75, 3.05) is 0 Å². The number of hydrogen-bond acceptors (Lipinski definition) is 3. The van der Waals surface area contributed by atoms with E-state index < -0.39 is 5.41 Å². The maximum absolute atomic E-state index is 7.35. The second kappa shape index (κ2) is 17.5. The zero-order valence-corrected chi connectivity index (χ0v) is 38.0. The van der Waals surface area contributed by atoms with Gasteiger partial charge < -0.3 is 9.47 Å². The second-order valence-electron chi connectivity index (χ2n) is 17.8. The number of para-hydroxylation sites is 1. The lowest BCUT2D eigenvalue weighted by Gasteiger charge is -2.37. The smallest absolute Gasteiger partial charge is 0.178 e. The van der Waals surface area contributed by atoms with Gasteiger partial charge in [-0.15, -0.1) is 0 Å². The van der Waals surface area contributed by atoms with Crippen molar-refractivity contribution in [3.05, 3.63) is 275 Å². The van der Waals surface area contributed by atoms with E-state index in [1.54, 1.807) is 0 Å². The molecule has 8 aromatic carbocycles. The zero-order valence-electron chi connectivity index (χ0n) is 38.0. The molecule has 68 heavy (non-hydrogen) atoms. The van der Waals surface area contributed by atoms with E-state index in [0.29, 0.717) is 11.5 Å². The molecule has 1 heterocycles. The first-order valence-corrected chi connectivity index (χ1v) is 23.8. The summed E-state index contributed by atoms with van der Waals surface area (Å²) in [5.41, 5.74) is 18.6. The summed E-state index contributed by atoms with van der Waals surface area (Å²) in [5.74, 6) is 2.94. The summed E-state index contributed by atoms with van der Waals surface area (Å²) in [4.78, 5) is 5.58. The summed E-state index contributed by atoms with van der Waals surface area (Å²) in [6, 6.07) is 68.9. The van der Waals surface area contributed by atoms with E-state index in [1.807, 2.05) is 6.07 Å². The molecule has 3 aliphatic carbocycles. The molecular weight excluding hydrogens is 827 g/mol. The average molecular weight is 876 g/mol. The molecular formula is C65H49NO2. The van der Waals surface area contributed by atoms with Crippen LogP contribution in [0.1, 0.15) is 66.0 Å². The molecule has 0 N–H and O–H groups in total. The van der Waals surface area contributed by atoms with E-state index in [9.17, 15) is 0 Å². The van der Waals surface area contributed by atoms with E-state index in [2.05, 4.69) is 231 Å². The van der Waals surface area contributed by atoms with Gasteiger partial charge in [0.05, 0.1) is 16.8 Å². The van der Waals surface area contributed by atoms with Crippen LogP contribution in [0.3, 0.4) is 0 Å². The maximum atomic E-state index is 7.35. The highest BCUT2D eigenvalue weighted by molar-refractivity contribution is 6.15. The highest BCUT2D eigenvalue weighted by atomic mass is 16.6. The number of fused-ring (bicyclic) bond motifs is 5. The minimum Gasteiger partial charge on any atom is -0.449 e. The quantitative estimate of drug-likeness (QED) is 0.135. The Bertz CT molecular complexity index is 3440. The predicted octanol–water partition coefficient (Wildman–Crippen LogP) is 17.2. The Balaban J connectivity index is 0.987. The third kappa shape index (κ3) is 7.10. The molecule has 3 heteroatoms. The van der Waals surface area contributed by atoms with Gasteiger partial charge in [0.25, 0.3) is 0 Å². The van der Waals surface area contributed by atoms with Crippen molar-refractivity contribution < 1.29 is 9.47 Å². The van der Waals surface area contributed by atoms with Crippen LogP contribution in [0.25, 0.3) is 44.7 Å². The first kappa shape index (κ1) is 41.2. The van der Waals surface area contributed by atoms with Crippen LogP contribution in [0, 0.1) is 0 Å². The van der Waals surface area contributed by atoms with Crippen LogP contribution in [-0.2, 0) is 5.41 Å². The number of rotatable bonds is 9. The number of allylic oxidation sites excluding steroid dienone is 9. The van der Waals surface area contributed by atoms with Crippen molar-refractivity contribution in [3.8, 4) is 56.4 Å². The van der Waals surface area contributed by atoms with Gasteiger partial charge in [-0.05, 0) is 119 Å². The van der Waals surface area contributed by atoms with E-state index in [4.69, 9.17) is 14.5 Å². The van der Waals surface area contributed by atoms with Gasteiger partial charge >= 0.3 is 0 Å². The molecule has 3 nitrogen and oxygen atoms in total. The largest absolute Gasteiger partial charge is 0.449 e. The van der Waals surface area contributed by atoms with E-state index in [-0.39, 0.29) is 0 Å². The minimum atomic E-state index is -0.464. The van der Waals surface area contributed by atoms with Gasteiger partial charge in [-0.1, -0.05) is 200 Å². The van der Waals surface area contributed by atoms with Crippen LogP contribution in [0.2, 0.25) is 0 Å². The molecule has 1 aliphatic heterocycles. The second-order valence-corrected chi connectivity index (χ2v) is 17.8. The summed E-state index contributed by atoms with van der Waals surface area (Å²) in [5, 5.41) is 0. The standard InChI is InChI=1S/C65H49NO2/c1-2-58(49-28-17-25-46(41-49)44-21-7-3-8-22-44)66-62(50-29-18-26-47(42-50)45-23-9-4-10-24-45)51-30-19-27-48(43-51)54-36-20-38-59-63(54)68-64-60(67-59)40-39-57-61(64)55-35-15-16-37-56(55)65(57,52-31-11-5-12-32-52)53-33-13-6-14-34-53/h2-5,7-13,16-34,36-43H,6,14-15,35H2,1H3/b58-2-,66-62?. The van der Waals surface area contributed by atoms with Crippen LogP contribution in [0.15, 0.2) is 247 Å². The summed E-state index contributed by atoms with van der Waals surface area (Å²) >= 11 is 0. The SMILES string of the molecule is C/C=C(\N=C(c1cccc(-c2ccccc2)c1)c1cccc(-c2cccc3c2Oc2c(ccc4c2C2=C(C=CCC2)C4(C2=CCCC=C2)c2ccccc2)O3)c1)c1cccc(-c2ccccc2)c1. The number of hydrogen-bond donors (Lipinski definition) is 0. The molecule has 0 aromatic heterocycles. The van der Waals surface area contributed by atoms with Crippen LogP contribution in [0.4, 0.5) is 0 Å². The lowest BCUT2D eigenvalue weighted by Crippen LogP contribution is -2.30. The molecule has 1 unspecified atom stereocenters. The van der Waals surface area contributed by atoms with Crippen molar-refractivity contribution >= 4 is 17.0 Å². The van der Waals surface area contributed by atoms with Crippen molar-refractivity contribution in [3.63, 3.8) is 0 Å². The van der Waals surface area contributed by atoms with Crippen LogP contribution in [0.5, 0.6) is 23.0 Å². The summed E-state index contributed by atoms with van der Waals surface area (Å²) < 4.78 is 14.2. The van der Waals surface area contributed by atoms with Crippen molar-refractivity contribution in [2.24, 2.45) is 4.99 Å². The molecule has 4 aliphatic rings. The molecule has 8 aromatic rings. The third-order valence-electron chi connectivity index (χ3n) is 13.9. The fourth-order valence-corrected chi connectivity index (χ4v) is 10.8. The Morgan fingerprint density at radius 3 is 1.81 bits per heavy atom. The molecule has 0 saturated carbocycles.